The lowest BCUT2D eigenvalue weighted by Crippen LogP contribution is -2.05. The second-order valence-corrected chi connectivity index (χ2v) is 12.1. The lowest BCUT2D eigenvalue weighted by Gasteiger charge is -2.08. The Bertz CT molecular complexity index is 2790. The number of nitrogens with one attached hydrogen (secondary N) is 1. The van der Waals surface area contributed by atoms with Gasteiger partial charge in [-0.25, -0.2) is 15.0 Å². The van der Waals surface area contributed by atoms with Crippen LogP contribution in [0.4, 0.5) is 0 Å². The van der Waals surface area contributed by atoms with Crippen LogP contribution in [-0.2, 0) is 0 Å². The van der Waals surface area contributed by atoms with E-state index < -0.39 is 0 Å². The minimum absolute atomic E-state index is 0.131. The van der Waals surface area contributed by atoms with Gasteiger partial charge >= 0.3 is 0 Å². The summed E-state index contributed by atoms with van der Waals surface area (Å²) >= 11 is 0. The number of aromatic nitrogens is 1. The number of fused-ring (bicyclic) bond motifs is 7. The second-order valence-electron chi connectivity index (χ2n) is 12.1. The van der Waals surface area contributed by atoms with E-state index in [4.69, 9.17) is 24.8 Å². The Morgan fingerprint density at radius 1 is 0.551 bits per heavy atom. The number of hydrogen-bond donors (Lipinski definition) is 1. The van der Waals surface area contributed by atoms with Gasteiger partial charge in [0.2, 0.25) is 0 Å². The van der Waals surface area contributed by atoms with Crippen LogP contribution in [0, 0.1) is 5.41 Å². The second kappa shape index (κ2) is 11.8. The van der Waals surface area contributed by atoms with E-state index >= 15 is 0 Å². The number of rotatable bonds is 4. The molecule has 9 rings (SSSR count). The van der Waals surface area contributed by atoms with Gasteiger partial charge < -0.3 is 4.42 Å². The van der Waals surface area contributed by atoms with Gasteiger partial charge in [0.05, 0.1) is 23.0 Å². The van der Waals surface area contributed by atoms with Gasteiger partial charge in [-0.3, -0.25) is 5.41 Å². The number of pyridine rings is 1. The summed E-state index contributed by atoms with van der Waals surface area (Å²) in [5, 5.41) is 17.8. The number of aliphatic imine (C=N–C) groups is 2. The quantitative estimate of drug-likeness (QED) is 0.120. The molecule has 0 aliphatic carbocycles. The zero-order valence-corrected chi connectivity index (χ0v) is 26.3. The van der Waals surface area contributed by atoms with E-state index in [1.165, 1.54) is 16.2 Å². The number of nitrogens with zero attached hydrogens (tertiary/aromatic N) is 3. The molecule has 0 saturated heterocycles. The van der Waals surface area contributed by atoms with Gasteiger partial charge in [-0.05, 0) is 50.5 Å². The molecule has 0 aliphatic rings. The van der Waals surface area contributed by atoms with Crippen LogP contribution in [0.2, 0.25) is 0 Å². The summed E-state index contributed by atoms with van der Waals surface area (Å²) in [6.45, 7) is 0. The van der Waals surface area contributed by atoms with Crippen molar-refractivity contribution in [2.24, 2.45) is 9.98 Å². The number of para-hydroxylation sites is 1. The Kier molecular flexibility index (Phi) is 6.87. The van der Waals surface area contributed by atoms with Crippen molar-refractivity contribution in [3.05, 3.63) is 175 Å². The number of hydrogen-bond acceptors (Lipinski definition) is 3. The Balaban J connectivity index is 1.18. The molecule has 230 valence electrons. The van der Waals surface area contributed by atoms with E-state index in [-0.39, 0.29) is 5.84 Å². The van der Waals surface area contributed by atoms with Crippen LogP contribution < -0.4 is 0 Å². The number of amidine groups is 2. The Morgan fingerprint density at radius 2 is 1.24 bits per heavy atom. The predicted molar refractivity (Wildman–Crippen MR) is 203 cm³/mol. The minimum atomic E-state index is 0.131. The third kappa shape index (κ3) is 5.24. The highest BCUT2D eigenvalue weighted by Crippen LogP contribution is 2.35. The van der Waals surface area contributed by atoms with E-state index in [2.05, 4.69) is 60.7 Å². The molecular weight excluding hydrogens is 601 g/mol. The molecule has 0 atom stereocenters. The smallest absolute Gasteiger partial charge is 0.161 e. The molecule has 5 heteroatoms. The van der Waals surface area contributed by atoms with Gasteiger partial charge in [-0.1, -0.05) is 133 Å². The van der Waals surface area contributed by atoms with Crippen molar-refractivity contribution in [3.63, 3.8) is 0 Å². The molecule has 9 aromatic rings. The Morgan fingerprint density at radius 3 is 2.12 bits per heavy atom. The molecule has 0 saturated carbocycles. The first-order chi connectivity index (χ1) is 24.2. The number of furan rings is 1. The molecule has 0 spiro atoms. The third-order valence-electron chi connectivity index (χ3n) is 9.01. The molecule has 0 fully saturated rings. The largest absolute Gasteiger partial charge is 0.456 e. The van der Waals surface area contributed by atoms with Crippen LogP contribution in [0.25, 0.3) is 65.5 Å². The van der Waals surface area contributed by atoms with E-state index in [1.807, 2.05) is 97.1 Å². The molecule has 0 unspecified atom stereocenters. The summed E-state index contributed by atoms with van der Waals surface area (Å²) in [6.07, 6.45) is 1.75. The third-order valence-corrected chi connectivity index (χ3v) is 9.01. The lowest BCUT2D eigenvalue weighted by atomic mass is 9.99. The van der Waals surface area contributed by atoms with Crippen LogP contribution in [0.5, 0.6) is 0 Å². The van der Waals surface area contributed by atoms with Crippen LogP contribution >= 0.6 is 0 Å². The molecule has 0 amide bonds. The van der Waals surface area contributed by atoms with Crippen molar-refractivity contribution in [1.29, 1.82) is 5.41 Å². The molecular formula is C44H28N4O. The van der Waals surface area contributed by atoms with Crippen molar-refractivity contribution >= 4 is 72.1 Å². The van der Waals surface area contributed by atoms with Crippen LogP contribution in [0.1, 0.15) is 16.8 Å². The summed E-state index contributed by atoms with van der Waals surface area (Å²) in [6, 6.07) is 53.1. The van der Waals surface area contributed by atoms with Gasteiger partial charge in [-0.15, -0.1) is 0 Å². The van der Waals surface area contributed by atoms with Gasteiger partial charge in [0, 0.05) is 28.1 Å². The van der Waals surface area contributed by atoms with Crippen LogP contribution in [0.15, 0.2) is 172 Å². The molecule has 7 aromatic carbocycles. The standard InChI is InChI=1S/C44H28N4O/c45-43(34-21-18-28-10-4-5-14-31(28)24-34)48-44(30-12-2-1-3-13-30)46-27-39-42-37-16-8-9-17-40(37)49-41(42)26-38(47-39)33-22-23-36-32(25-33)20-19-29-11-6-7-15-35(29)36/h1-27,45H/b45-43?,46-27+,48-44-. The topological polar surface area (TPSA) is 74.6 Å². The monoisotopic (exact) mass is 628 g/mol. The summed E-state index contributed by atoms with van der Waals surface area (Å²) in [4.78, 5) is 14.9. The maximum Gasteiger partial charge on any atom is 0.161 e. The zero-order chi connectivity index (χ0) is 32.7. The fourth-order valence-corrected chi connectivity index (χ4v) is 6.57. The highest BCUT2D eigenvalue weighted by molar-refractivity contribution is 6.17. The van der Waals surface area contributed by atoms with E-state index in [0.29, 0.717) is 11.5 Å². The Hall–Kier alpha value is -6.72. The molecule has 2 heterocycles. The molecule has 0 radical (unpaired) electrons. The van der Waals surface area contributed by atoms with Crippen molar-refractivity contribution in [2.75, 3.05) is 0 Å². The fraction of sp³-hybridized carbons (Fsp3) is 0. The maximum absolute atomic E-state index is 8.95. The van der Waals surface area contributed by atoms with Crippen molar-refractivity contribution < 1.29 is 4.42 Å². The van der Waals surface area contributed by atoms with E-state index in [0.717, 1.165) is 60.5 Å². The Labute approximate surface area is 282 Å². The zero-order valence-electron chi connectivity index (χ0n) is 26.3. The first-order valence-electron chi connectivity index (χ1n) is 16.2. The first kappa shape index (κ1) is 28.5. The molecule has 2 aromatic heterocycles. The maximum atomic E-state index is 8.95. The van der Waals surface area contributed by atoms with Gasteiger partial charge in [0.15, 0.2) is 11.7 Å². The van der Waals surface area contributed by atoms with Crippen molar-refractivity contribution in [2.45, 2.75) is 0 Å². The molecule has 1 N–H and O–H groups in total. The molecule has 0 bridgehead atoms. The highest BCUT2D eigenvalue weighted by atomic mass is 16.3. The van der Waals surface area contributed by atoms with Gasteiger partial charge in [0.1, 0.15) is 11.2 Å². The number of benzene rings is 7. The average molecular weight is 629 g/mol. The van der Waals surface area contributed by atoms with Crippen LogP contribution in [-0.4, -0.2) is 22.9 Å². The van der Waals surface area contributed by atoms with E-state index in [9.17, 15) is 0 Å². The molecule has 5 nitrogen and oxygen atoms in total. The van der Waals surface area contributed by atoms with E-state index in [1.54, 1.807) is 6.21 Å². The normalized spacial score (nSPS) is 12.2. The summed E-state index contributed by atoms with van der Waals surface area (Å²) in [7, 11) is 0. The molecule has 0 aliphatic heterocycles. The highest BCUT2D eigenvalue weighted by Gasteiger charge is 2.16. The summed E-state index contributed by atoms with van der Waals surface area (Å²) in [5.41, 5.74) is 5.46. The van der Waals surface area contributed by atoms with Gasteiger partial charge in [0.25, 0.3) is 0 Å². The van der Waals surface area contributed by atoms with Crippen molar-refractivity contribution in [1.82, 2.24) is 4.98 Å². The first-order valence-corrected chi connectivity index (χ1v) is 16.2. The average Bonchev–Trinajstić information content (AvgIpc) is 3.55. The summed E-state index contributed by atoms with van der Waals surface area (Å²) in [5.74, 6) is 0.551. The lowest BCUT2D eigenvalue weighted by molar-refractivity contribution is 0.668. The fourth-order valence-electron chi connectivity index (χ4n) is 6.57. The SMILES string of the molecule is N=C(/N=C(\N=C\c1nc(-c2ccc3c(ccc4ccccc43)c2)cc2oc3ccccc3c12)c1ccccc1)c1ccc2ccccc2c1. The van der Waals surface area contributed by atoms with Crippen molar-refractivity contribution in [3.8, 4) is 11.3 Å². The van der Waals surface area contributed by atoms with Crippen LogP contribution in [0.3, 0.4) is 0 Å². The molecule has 49 heavy (non-hydrogen) atoms. The summed E-state index contributed by atoms with van der Waals surface area (Å²) < 4.78 is 6.38. The predicted octanol–water partition coefficient (Wildman–Crippen LogP) is 11.0. The van der Waals surface area contributed by atoms with Gasteiger partial charge in [-0.2, -0.15) is 0 Å². The minimum Gasteiger partial charge on any atom is -0.456 e.